The summed E-state index contributed by atoms with van der Waals surface area (Å²) in [7, 11) is 0. The van der Waals surface area contributed by atoms with Crippen LogP contribution >= 0.6 is 22.9 Å². The molecule has 0 spiro atoms. The lowest BCUT2D eigenvalue weighted by Gasteiger charge is -2.15. The van der Waals surface area contributed by atoms with Gasteiger partial charge in [-0.2, -0.15) is 0 Å². The van der Waals surface area contributed by atoms with Crippen molar-refractivity contribution < 1.29 is 9.53 Å². The number of hydrogen-bond acceptors (Lipinski definition) is 4. The van der Waals surface area contributed by atoms with E-state index < -0.39 is 6.10 Å². The molecule has 26 heavy (non-hydrogen) atoms. The van der Waals surface area contributed by atoms with Crippen molar-refractivity contribution in [2.45, 2.75) is 26.5 Å². The van der Waals surface area contributed by atoms with Crippen molar-refractivity contribution in [2.24, 2.45) is 0 Å². The first kappa shape index (κ1) is 18.4. The maximum atomic E-state index is 12.2. The minimum atomic E-state index is -0.648. The Bertz CT molecular complexity index is 893. The molecule has 1 heterocycles. The van der Waals surface area contributed by atoms with Gasteiger partial charge in [-0.1, -0.05) is 53.6 Å². The van der Waals surface area contributed by atoms with Gasteiger partial charge >= 0.3 is 0 Å². The number of nitrogens with zero attached hydrogens (tertiary/aromatic N) is 1. The predicted octanol–water partition coefficient (Wildman–Crippen LogP) is 4.86. The van der Waals surface area contributed by atoms with Gasteiger partial charge in [0.15, 0.2) is 6.10 Å². The Morgan fingerprint density at radius 1 is 1.23 bits per heavy atom. The minimum Gasteiger partial charge on any atom is -0.479 e. The van der Waals surface area contributed by atoms with Gasteiger partial charge < -0.3 is 10.1 Å². The van der Waals surface area contributed by atoms with Crippen LogP contribution in [0.2, 0.25) is 5.02 Å². The molecule has 0 unspecified atom stereocenters. The zero-order chi connectivity index (χ0) is 18.5. The van der Waals surface area contributed by atoms with Crippen LogP contribution in [0.1, 0.15) is 18.2 Å². The number of hydrogen-bond donors (Lipinski definition) is 1. The fourth-order valence-electron chi connectivity index (χ4n) is 2.32. The van der Waals surface area contributed by atoms with Gasteiger partial charge in [0, 0.05) is 10.9 Å². The fourth-order valence-corrected chi connectivity index (χ4v) is 3.33. The number of amides is 1. The summed E-state index contributed by atoms with van der Waals surface area (Å²) in [5.74, 6) is 0.280. The Labute approximate surface area is 161 Å². The number of aromatic nitrogens is 1. The van der Waals surface area contributed by atoms with Crippen molar-refractivity contribution in [1.82, 2.24) is 10.3 Å². The zero-order valence-corrected chi connectivity index (χ0v) is 16.1. The summed E-state index contributed by atoms with van der Waals surface area (Å²) in [6.07, 6.45) is -0.648. The molecular weight excluding hydrogens is 368 g/mol. The number of halogens is 1. The number of para-hydroxylation sites is 1. The first-order chi connectivity index (χ1) is 12.5. The third-order valence-corrected chi connectivity index (χ3v) is 5.06. The number of ether oxygens (including phenoxy) is 1. The van der Waals surface area contributed by atoms with E-state index in [-0.39, 0.29) is 5.91 Å². The van der Waals surface area contributed by atoms with Crippen LogP contribution in [0.5, 0.6) is 5.75 Å². The summed E-state index contributed by atoms with van der Waals surface area (Å²) >= 11 is 7.61. The normalized spacial score (nSPS) is 11.8. The summed E-state index contributed by atoms with van der Waals surface area (Å²) in [6.45, 7) is 4.10. The van der Waals surface area contributed by atoms with Crippen LogP contribution in [0, 0.1) is 6.92 Å². The van der Waals surface area contributed by atoms with Crippen molar-refractivity contribution in [3.8, 4) is 16.3 Å². The Hall–Kier alpha value is -2.37. The number of carbonyl (C=O) groups excluding carboxylic acids is 1. The zero-order valence-electron chi connectivity index (χ0n) is 14.5. The van der Waals surface area contributed by atoms with Gasteiger partial charge in [-0.15, -0.1) is 11.3 Å². The molecule has 6 heteroatoms. The van der Waals surface area contributed by atoms with Crippen LogP contribution < -0.4 is 10.1 Å². The van der Waals surface area contributed by atoms with E-state index in [0.29, 0.717) is 17.3 Å². The van der Waals surface area contributed by atoms with E-state index in [0.717, 1.165) is 16.3 Å². The molecule has 2 aromatic carbocycles. The van der Waals surface area contributed by atoms with Gasteiger partial charge in [-0.25, -0.2) is 4.98 Å². The molecule has 3 rings (SSSR count). The Morgan fingerprint density at radius 2 is 1.96 bits per heavy atom. The first-order valence-electron chi connectivity index (χ1n) is 8.23. The molecule has 1 aromatic heterocycles. The van der Waals surface area contributed by atoms with E-state index >= 15 is 0 Å². The third kappa shape index (κ3) is 4.62. The number of benzene rings is 2. The molecule has 3 aromatic rings. The highest BCUT2D eigenvalue weighted by atomic mass is 35.5. The Morgan fingerprint density at radius 3 is 2.69 bits per heavy atom. The molecule has 4 nitrogen and oxygen atoms in total. The van der Waals surface area contributed by atoms with Crippen molar-refractivity contribution in [1.29, 1.82) is 0 Å². The Kier molecular flexibility index (Phi) is 5.91. The summed E-state index contributed by atoms with van der Waals surface area (Å²) < 4.78 is 5.62. The second-order valence-corrected chi connectivity index (χ2v) is 7.18. The molecule has 0 bridgehead atoms. The molecule has 0 fully saturated rings. The molecule has 0 aliphatic heterocycles. The molecule has 0 saturated heterocycles. The van der Waals surface area contributed by atoms with Crippen LogP contribution in [0.15, 0.2) is 53.9 Å². The predicted molar refractivity (Wildman–Crippen MR) is 106 cm³/mol. The molecule has 1 N–H and O–H groups in total. The number of thiazole rings is 1. The maximum Gasteiger partial charge on any atom is 0.261 e. The van der Waals surface area contributed by atoms with Crippen LogP contribution in [0.4, 0.5) is 0 Å². The summed E-state index contributed by atoms with van der Waals surface area (Å²) in [5.41, 5.74) is 3.11. The molecule has 0 aliphatic rings. The van der Waals surface area contributed by atoms with Crippen molar-refractivity contribution >= 4 is 28.8 Å². The average molecular weight is 387 g/mol. The molecule has 0 radical (unpaired) electrons. The van der Waals surface area contributed by atoms with Gasteiger partial charge in [0.25, 0.3) is 5.91 Å². The SMILES string of the molecule is Cc1ccc(-c2nc(CNC(=O)[C@@H](C)Oc3ccccc3Cl)cs2)cc1. The number of carbonyl (C=O) groups is 1. The summed E-state index contributed by atoms with van der Waals surface area (Å²) in [4.78, 5) is 16.8. The molecule has 1 amide bonds. The van der Waals surface area contributed by atoms with Crippen molar-refractivity contribution in [2.75, 3.05) is 0 Å². The highest BCUT2D eigenvalue weighted by molar-refractivity contribution is 7.13. The standard InChI is InChI=1S/C20H19ClN2O2S/c1-13-7-9-15(10-8-13)20-23-16(12-26-20)11-22-19(24)14(2)25-18-6-4-3-5-17(18)21/h3-10,12,14H,11H2,1-2H3,(H,22,24)/t14-/m1/s1. The first-order valence-corrected chi connectivity index (χ1v) is 9.49. The number of aryl methyl sites for hydroxylation is 1. The van der Waals surface area contributed by atoms with Crippen LogP contribution in [-0.2, 0) is 11.3 Å². The van der Waals surface area contributed by atoms with Crippen LogP contribution in [-0.4, -0.2) is 17.0 Å². The highest BCUT2D eigenvalue weighted by Crippen LogP contribution is 2.25. The monoisotopic (exact) mass is 386 g/mol. The van der Waals surface area contributed by atoms with Gasteiger partial charge in [-0.05, 0) is 26.0 Å². The van der Waals surface area contributed by atoms with E-state index in [9.17, 15) is 4.79 Å². The van der Waals surface area contributed by atoms with Crippen molar-refractivity contribution in [3.63, 3.8) is 0 Å². The van der Waals surface area contributed by atoms with E-state index in [4.69, 9.17) is 16.3 Å². The third-order valence-electron chi connectivity index (χ3n) is 3.80. The second-order valence-electron chi connectivity index (χ2n) is 5.92. The lowest BCUT2D eigenvalue weighted by molar-refractivity contribution is -0.127. The van der Waals surface area contributed by atoms with E-state index in [1.54, 1.807) is 30.4 Å². The van der Waals surface area contributed by atoms with E-state index in [1.165, 1.54) is 5.56 Å². The van der Waals surface area contributed by atoms with E-state index in [1.807, 2.05) is 17.5 Å². The molecular formula is C20H19ClN2O2S. The van der Waals surface area contributed by atoms with Crippen LogP contribution in [0.25, 0.3) is 10.6 Å². The second kappa shape index (κ2) is 8.34. The number of rotatable bonds is 6. The summed E-state index contributed by atoms with van der Waals surface area (Å²) in [5, 5.41) is 6.22. The van der Waals surface area contributed by atoms with Gasteiger partial charge in [0.1, 0.15) is 10.8 Å². The Balaban J connectivity index is 1.56. The smallest absolute Gasteiger partial charge is 0.261 e. The molecule has 134 valence electrons. The van der Waals surface area contributed by atoms with E-state index in [2.05, 4.69) is 41.5 Å². The lowest BCUT2D eigenvalue weighted by Crippen LogP contribution is -2.36. The minimum absolute atomic E-state index is 0.213. The number of nitrogens with one attached hydrogen (secondary N) is 1. The molecule has 1 atom stereocenters. The van der Waals surface area contributed by atoms with Crippen molar-refractivity contribution in [3.05, 3.63) is 70.2 Å². The van der Waals surface area contributed by atoms with Crippen LogP contribution in [0.3, 0.4) is 0 Å². The van der Waals surface area contributed by atoms with Gasteiger partial charge in [0.2, 0.25) is 0 Å². The largest absolute Gasteiger partial charge is 0.479 e. The maximum absolute atomic E-state index is 12.2. The summed E-state index contributed by atoms with van der Waals surface area (Å²) in [6, 6.07) is 15.3. The lowest BCUT2D eigenvalue weighted by atomic mass is 10.2. The fraction of sp³-hybridized carbons (Fsp3) is 0.200. The van der Waals surface area contributed by atoms with Gasteiger partial charge in [0.05, 0.1) is 17.3 Å². The van der Waals surface area contributed by atoms with Gasteiger partial charge in [-0.3, -0.25) is 4.79 Å². The molecule has 0 aliphatic carbocycles. The molecule has 0 saturated carbocycles. The topological polar surface area (TPSA) is 51.2 Å². The average Bonchev–Trinajstić information content (AvgIpc) is 3.11. The quantitative estimate of drug-likeness (QED) is 0.658. The highest BCUT2D eigenvalue weighted by Gasteiger charge is 2.16.